The molecule has 5 heteroatoms. The molecule has 0 bridgehead atoms. The monoisotopic (exact) mass is 268 g/mol. The number of likely N-dealkylation sites (tertiary alicyclic amines) is 1. The lowest BCUT2D eigenvalue weighted by Gasteiger charge is -2.39. The van der Waals surface area contributed by atoms with Crippen LogP contribution in [-0.2, 0) is 9.59 Å². The highest BCUT2D eigenvalue weighted by atomic mass is 16.4. The van der Waals surface area contributed by atoms with E-state index in [0.717, 1.165) is 19.4 Å². The van der Waals surface area contributed by atoms with Gasteiger partial charge in [-0.05, 0) is 46.1 Å². The number of nitrogens with one attached hydrogen (secondary N) is 1. The van der Waals surface area contributed by atoms with Crippen LogP contribution < -0.4 is 5.32 Å². The van der Waals surface area contributed by atoms with Gasteiger partial charge in [0.05, 0.1) is 5.92 Å². The van der Waals surface area contributed by atoms with Crippen LogP contribution in [0.1, 0.15) is 39.5 Å². The molecule has 2 saturated heterocycles. The second kappa shape index (κ2) is 5.90. The van der Waals surface area contributed by atoms with Crippen molar-refractivity contribution in [2.75, 3.05) is 13.1 Å². The molecule has 0 aromatic carbocycles. The van der Waals surface area contributed by atoms with Crippen LogP contribution in [0.5, 0.6) is 0 Å². The second-order valence-electron chi connectivity index (χ2n) is 6.02. The van der Waals surface area contributed by atoms with E-state index < -0.39 is 5.97 Å². The van der Waals surface area contributed by atoms with Crippen molar-refractivity contribution < 1.29 is 14.7 Å². The number of hydrogen-bond donors (Lipinski definition) is 2. The molecule has 1 amide bonds. The molecule has 2 fully saturated rings. The van der Waals surface area contributed by atoms with Crippen LogP contribution >= 0.6 is 0 Å². The number of rotatable bonds is 2. The van der Waals surface area contributed by atoms with Gasteiger partial charge in [0.25, 0.3) is 0 Å². The van der Waals surface area contributed by atoms with Gasteiger partial charge >= 0.3 is 5.97 Å². The number of hydrogen-bond acceptors (Lipinski definition) is 3. The van der Waals surface area contributed by atoms with E-state index in [4.69, 9.17) is 5.11 Å². The normalized spacial score (nSPS) is 36.0. The van der Waals surface area contributed by atoms with Crippen molar-refractivity contribution in [1.82, 2.24) is 10.2 Å². The van der Waals surface area contributed by atoms with E-state index in [1.54, 1.807) is 0 Å². The Morgan fingerprint density at radius 3 is 2.47 bits per heavy atom. The molecule has 0 aliphatic carbocycles. The molecule has 0 saturated carbocycles. The minimum atomic E-state index is -0.727. The molecule has 4 unspecified atom stereocenters. The first-order valence-electron chi connectivity index (χ1n) is 7.25. The molecule has 2 aliphatic rings. The van der Waals surface area contributed by atoms with Gasteiger partial charge in [-0.3, -0.25) is 9.59 Å². The molecule has 19 heavy (non-hydrogen) atoms. The minimum Gasteiger partial charge on any atom is -0.481 e. The standard InChI is InChI=1S/C14H24N2O3/c1-9-7-11(3-5-15-9)13(17)16-6-4-12(14(18)19)8-10(16)2/h9-12,15H,3-8H2,1-2H3,(H,18,19). The molecule has 2 aliphatic heterocycles. The third kappa shape index (κ3) is 3.26. The van der Waals surface area contributed by atoms with Gasteiger partial charge in [-0.2, -0.15) is 0 Å². The lowest BCUT2D eigenvalue weighted by Crippen LogP contribution is -2.50. The fourth-order valence-electron chi connectivity index (χ4n) is 3.31. The zero-order chi connectivity index (χ0) is 14.0. The lowest BCUT2D eigenvalue weighted by atomic mass is 9.87. The summed E-state index contributed by atoms with van der Waals surface area (Å²) in [6.07, 6.45) is 2.96. The molecular weight excluding hydrogens is 244 g/mol. The molecule has 108 valence electrons. The summed E-state index contributed by atoms with van der Waals surface area (Å²) in [4.78, 5) is 25.5. The van der Waals surface area contributed by atoms with E-state index in [1.165, 1.54) is 0 Å². The number of carbonyl (C=O) groups is 2. The first-order chi connectivity index (χ1) is 8.99. The number of nitrogens with zero attached hydrogens (tertiary/aromatic N) is 1. The van der Waals surface area contributed by atoms with E-state index >= 15 is 0 Å². The highest BCUT2D eigenvalue weighted by molar-refractivity contribution is 5.80. The van der Waals surface area contributed by atoms with Gasteiger partial charge < -0.3 is 15.3 Å². The number of piperidine rings is 2. The highest BCUT2D eigenvalue weighted by Gasteiger charge is 2.36. The molecule has 2 heterocycles. The maximum atomic E-state index is 12.5. The Hall–Kier alpha value is -1.10. The number of amides is 1. The first kappa shape index (κ1) is 14.3. The SMILES string of the molecule is CC1CC(C(=O)N2CCC(C(=O)O)CC2C)CCN1. The Balaban J connectivity index is 1.94. The Morgan fingerprint density at radius 2 is 1.89 bits per heavy atom. The molecule has 0 aromatic rings. The van der Waals surface area contributed by atoms with Gasteiger partial charge in [0.2, 0.25) is 5.91 Å². The van der Waals surface area contributed by atoms with Crippen LogP contribution in [0, 0.1) is 11.8 Å². The van der Waals surface area contributed by atoms with Crippen LogP contribution in [-0.4, -0.2) is 47.1 Å². The van der Waals surface area contributed by atoms with Crippen molar-refractivity contribution in [3.63, 3.8) is 0 Å². The molecule has 0 aromatic heterocycles. The van der Waals surface area contributed by atoms with Crippen LogP contribution in [0.25, 0.3) is 0 Å². The van der Waals surface area contributed by atoms with Crippen LogP contribution in [0.15, 0.2) is 0 Å². The average molecular weight is 268 g/mol. The summed E-state index contributed by atoms with van der Waals surface area (Å²) >= 11 is 0. The number of carbonyl (C=O) groups excluding carboxylic acids is 1. The molecular formula is C14H24N2O3. The maximum Gasteiger partial charge on any atom is 0.306 e. The number of carboxylic acid groups (broad SMARTS) is 1. The number of aliphatic carboxylic acids is 1. The van der Waals surface area contributed by atoms with Crippen LogP contribution in [0.2, 0.25) is 0 Å². The van der Waals surface area contributed by atoms with E-state index in [-0.39, 0.29) is 23.8 Å². The third-order valence-corrected chi connectivity index (χ3v) is 4.48. The van der Waals surface area contributed by atoms with Crippen molar-refractivity contribution in [2.24, 2.45) is 11.8 Å². The van der Waals surface area contributed by atoms with E-state index in [0.29, 0.717) is 25.4 Å². The van der Waals surface area contributed by atoms with Crippen LogP contribution in [0.3, 0.4) is 0 Å². The predicted molar refractivity (Wildman–Crippen MR) is 71.7 cm³/mol. The predicted octanol–water partition coefficient (Wildman–Crippen LogP) is 1.09. The average Bonchev–Trinajstić information content (AvgIpc) is 2.37. The fourth-order valence-corrected chi connectivity index (χ4v) is 3.31. The van der Waals surface area contributed by atoms with Crippen LogP contribution in [0.4, 0.5) is 0 Å². The Kier molecular flexibility index (Phi) is 4.45. The zero-order valence-electron chi connectivity index (χ0n) is 11.8. The number of carboxylic acids is 1. The van der Waals surface area contributed by atoms with Crippen molar-refractivity contribution in [3.8, 4) is 0 Å². The van der Waals surface area contributed by atoms with Gasteiger partial charge in [0.1, 0.15) is 0 Å². The van der Waals surface area contributed by atoms with Crippen molar-refractivity contribution in [3.05, 3.63) is 0 Å². The quantitative estimate of drug-likeness (QED) is 0.786. The van der Waals surface area contributed by atoms with E-state index in [2.05, 4.69) is 12.2 Å². The summed E-state index contributed by atoms with van der Waals surface area (Å²) in [6, 6.07) is 0.446. The Morgan fingerprint density at radius 1 is 1.16 bits per heavy atom. The third-order valence-electron chi connectivity index (χ3n) is 4.48. The second-order valence-corrected chi connectivity index (χ2v) is 6.02. The first-order valence-corrected chi connectivity index (χ1v) is 7.25. The molecule has 0 radical (unpaired) electrons. The van der Waals surface area contributed by atoms with Gasteiger partial charge in [-0.1, -0.05) is 0 Å². The summed E-state index contributed by atoms with van der Waals surface area (Å²) in [5.74, 6) is -0.676. The zero-order valence-corrected chi connectivity index (χ0v) is 11.8. The molecule has 0 spiro atoms. The van der Waals surface area contributed by atoms with Gasteiger partial charge in [-0.25, -0.2) is 0 Å². The summed E-state index contributed by atoms with van der Waals surface area (Å²) in [5, 5.41) is 12.4. The topological polar surface area (TPSA) is 69.6 Å². The van der Waals surface area contributed by atoms with E-state index in [9.17, 15) is 9.59 Å². The largest absolute Gasteiger partial charge is 0.481 e. The smallest absolute Gasteiger partial charge is 0.306 e. The van der Waals surface area contributed by atoms with Crippen molar-refractivity contribution in [2.45, 2.75) is 51.6 Å². The fraction of sp³-hybridized carbons (Fsp3) is 0.857. The summed E-state index contributed by atoms with van der Waals surface area (Å²) in [6.45, 7) is 5.57. The van der Waals surface area contributed by atoms with Gasteiger partial charge in [0.15, 0.2) is 0 Å². The minimum absolute atomic E-state index is 0.0486. The van der Waals surface area contributed by atoms with Gasteiger partial charge in [0, 0.05) is 24.5 Å². The van der Waals surface area contributed by atoms with Crippen molar-refractivity contribution >= 4 is 11.9 Å². The Labute approximate surface area is 114 Å². The lowest BCUT2D eigenvalue weighted by molar-refractivity contribution is -0.149. The van der Waals surface area contributed by atoms with E-state index in [1.807, 2.05) is 11.8 Å². The Bertz CT molecular complexity index is 359. The molecule has 2 rings (SSSR count). The summed E-state index contributed by atoms with van der Waals surface area (Å²) in [7, 11) is 0. The molecule has 4 atom stereocenters. The van der Waals surface area contributed by atoms with Gasteiger partial charge in [-0.15, -0.1) is 0 Å². The highest BCUT2D eigenvalue weighted by Crippen LogP contribution is 2.27. The summed E-state index contributed by atoms with van der Waals surface area (Å²) in [5.41, 5.74) is 0. The maximum absolute atomic E-state index is 12.5. The summed E-state index contributed by atoms with van der Waals surface area (Å²) < 4.78 is 0. The van der Waals surface area contributed by atoms with Crippen molar-refractivity contribution in [1.29, 1.82) is 0 Å². The molecule has 5 nitrogen and oxygen atoms in total. The molecule has 2 N–H and O–H groups in total.